The van der Waals surface area contributed by atoms with E-state index in [1.54, 1.807) is 35.7 Å². The highest BCUT2D eigenvalue weighted by molar-refractivity contribution is 7.91. The maximum Gasteiger partial charge on any atom is 0.225 e. The highest BCUT2D eigenvalue weighted by Gasteiger charge is 2.34. The lowest BCUT2D eigenvalue weighted by molar-refractivity contribution is -0.116. The van der Waals surface area contributed by atoms with Crippen molar-refractivity contribution in [3.05, 3.63) is 70.4 Å². The van der Waals surface area contributed by atoms with Crippen LogP contribution < -0.4 is 10.1 Å². The quantitative estimate of drug-likeness (QED) is 0.563. The summed E-state index contributed by atoms with van der Waals surface area (Å²) in [4.78, 5) is 13.8. The molecule has 160 valence electrons. The van der Waals surface area contributed by atoms with E-state index in [2.05, 4.69) is 5.32 Å². The van der Waals surface area contributed by atoms with Gasteiger partial charge in [0.25, 0.3) is 0 Å². The van der Waals surface area contributed by atoms with E-state index in [-0.39, 0.29) is 34.1 Å². The fourth-order valence-corrected chi connectivity index (χ4v) is 7.33. The second-order valence-corrected chi connectivity index (χ2v) is 10.9. The smallest absolute Gasteiger partial charge is 0.225 e. The summed E-state index contributed by atoms with van der Waals surface area (Å²) in [6, 6.07) is 16.2. The first-order valence-corrected chi connectivity index (χ1v) is 12.9. The normalized spacial score (nSPS) is 19.1. The minimum absolute atomic E-state index is 0.162. The van der Waals surface area contributed by atoms with Crippen LogP contribution in [0.2, 0.25) is 0 Å². The number of carbonyl (C=O) groups is 1. The Morgan fingerprint density at radius 3 is 2.55 bits per heavy atom. The molecule has 2 aromatic carbocycles. The van der Waals surface area contributed by atoms with Crippen LogP contribution in [0, 0.1) is 0 Å². The molecule has 0 unspecified atom stereocenters. The van der Waals surface area contributed by atoms with Gasteiger partial charge >= 0.3 is 0 Å². The molecule has 0 radical (unpaired) electrons. The molecule has 7 heteroatoms. The topological polar surface area (TPSA) is 72.5 Å². The number of nitrogens with one attached hydrogen (secondary N) is 1. The van der Waals surface area contributed by atoms with Crippen LogP contribution in [-0.2, 0) is 14.6 Å². The Morgan fingerprint density at radius 1 is 1.00 bits per heavy atom. The molecule has 1 N–H and O–H groups in total. The van der Waals surface area contributed by atoms with Crippen LogP contribution in [0.3, 0.4) is 0 Å². The monoisotopic (exact) mass is 453 g/mol. The number of carbonyl (C=O) groups excluding carboxylic acids is 1. The Kier molecular flexibility index (Phi) is 5.32. The van der Waals surface area contributed by atoms with Gasteiger partial charge in [-0.2, -0.15) is 0 Å². The second kappa shape index (κ2) is 8.13. The molecule has 31 heavy (non-hydrogen) atoms. The van der Waals surface area contributed by atoms with Gasteiger partial charge in [0.1, 0.15) is 10.6 Å². The van der Waals surface area contributed by atoms with Gasteiger partial charge in [-0.15, -0.1) is 11.3 Å². The number of anilines is 1. The van der Waals surface area contributed by atoms with Crippen molar-refractivity contribution in [1.82, 2.24) is 0 Å². The lowest BCUT2D eigenvalue weighted by Crippen LogP contribution is -2.23. The Hall–Kier alpha value is -2.64. The Balaban J connectivity index is 1.51. The summed E-state index contributed by atoms with van der Waals surface area (Å²) in [5, 5.41) is 4.46. The zero-order valence-electron chi connectivity index (χ0n) is 16.9. The Morgan fingerprint density at radius 2 is 1.77 bits per heavy atom. The van der Waals surface area contributed by atoms with Crippen molar-refractivity contribution < 1.29 is 17.9 Å². The number of rotatable bonds is 5. The van der Waals surface area contributed by atoms with Crippen molar-refractivity contribution in [2.45, 2.75) is 53.9 Å². The summed E-state index contributed by atoms with van der Waals surface area (Å²) < 4.78 is 32.5. The van der Waals surface area contributed by atoms with E-state index in [0.29, 0.717) is 5.69 Å². The van der Waals surface area contributed by atoms with Gasteiger partial charge in [-0.05, 0) is 55.5 Å². The minimum Gasteiger partial charge on any atom is -0.490 e. The largest absolute Gasteiger partial charge is 0.490 e. The molecule has 1 fully saturated rings. The number of benzene rings is 2. The number of amides is 1. The molecule has 1 aromatic heterocycles. The molecule has 2 heterocycles. The fourth-order valence-electron chi connectivity index (χ4n) is 4.40. The van der Waals surface area contributed by atoms with Crippen molar-refractivity contribution in [3.63, 3.8) is 0 Å². The van der Waals surface area contributed by atoms with Crippen molar-refractivity contribution in [1.29, 1.82) is 0 Å². The maximum absolute atomic E-state index is 13.2. The Bertz CT molecular complexity index is 1210. The van der Waals surface area contributed by atoms with Crippen molar-refractivity contribution in [3.8, 4) is 5.75 Å². The van der Waals surface area contributed by atoms with E-state index in [4.69, 9.17) is 4.74 Å². The number of thiophene rings is 1. The van der Waals surface area contributed by atoms with E-state index in [9.17, 15) is 13.2 Å². The number of ether oxygens (including phenoxy) is 1. The van der Waals surface area contributed by atoms with E-state index < -0.39 is 9.84 Å². The standard InChI is InChI=1S/C24H23NO4S2/c26-22-14-20(16-7-6-10-18(13-16)29-17-8-4-5-9-17)24-23(25-22)21(15-30-24)31(27,28)19-11-2-1-3-12-19/h1-3,6-7,10-13,15,17,20H,4-5,8-9,14H2,(H,25,26)/t20-/m0/s1. The predicted molar refractivity (Wildman–Crippen MR) is 121 cm³/mol. The van der Waals surface area contributed by atoms with Gasteiger partial charge < -0.3 is 10.1 Å². The van der Waals surface area contributed by atoms with E-state index in [0.717, 1.165) is 29.0 Å². The number of fused-ring (bicyclic) bond motifs is 1. The molecule has 5 nitrogen and oxygen atoms in total. The summed E-state index contributed by atoms with van der Waals surface area (Å²) in [6.45, 7) is 0. The summed E-state index contributed by atoms with van der Waals surface area (Å²) in [5.41, 5.74) is 1.38. The molecule has 3 aromatic rings. The molecule has 1 amide bonds. The highest BCUT2D eigenvalue weighted by Crippen LogP contribution is 2.46. The van der Waals surface area contributed by atoms with Crippen LogP contribution >= 0.6 is 11.3 Å². The first-order valence-electron chi connectivity index (χ1n) is 10.5. The molecular formula is C24H23NO4S2. The number of hydrogen-bond donors (Lipinski definition) is 1. The SMILES string of the molecule is O=C1C[C@@H](c2cccc(OC3CCCC3)c2)c2scc(S(=O)(=O)c3ccccc3)c2N1. The average Bonchev–Trinajstić information content (AvgIpc) is 3.44. The van der Waals surface area contributed by atoms with Gasteiger partial charge in [-0.3, -0.25) is 4.79 Å². The van der Waals surface area contributed by atoms with Crippen LogP contribution in [0.25, 0.3) is 0 Å². The van der Waals surface area contributed by atoms with Crippen molar-refractivity contribution in [2.75, 3.05) is 5.32 Å². The lowest BCUT2D eigenvalue weighted by atomic mass is 9.90. The predicted octanol–water partition coefficient (Wildman–Crippen LogP) is 5.38. The molecule has 5 rings (SSSR count). The molecule has 0 bridgehead atoms. The highest BCUT2D eigenvalue weighted by atomic mass is 32.2. The molecule has 0 spiro atoms. The molecular weight excluding hydrogens is 430 g/mol. The molecule has 1 saturated carbocycles. The fraction of sp³-hybridized carbons (Fsp3) is 0.292. The zero-order chi connectivity index (χ0) is 21.4. The number of sulfone groups is 1. The average molecular weight is 454 g/mol. The van der Waals surface area contributed by atoms with Crippen LogP contribution in [0.1, 0.15) is 48.5 Å². The first-order chi connectivity index (χ1) is 15.0. The van der Waals surface area contributed by atoms with Crippen LogP contribution in [0.5, 0.6) is 5.75 Å². The summed E-state index contributed by atoms with van der Waals surface area (Å²) in [7, 11) is -3.72. The first kappa shape index (κ1) is 20.3. The van der Waals surface area contributed by atoms with Gasteiger partial charge in [0.05, 0.1) is 16.7 Å². The Labute approximate surface area is 186 Å². The zero-order valence-corrected chi connectivity index (χ0v) is 18.5. The van der Waals surface area contributed by atoms with Gasteiger partial charge in [-0.25, -0.2) is 8.42 Å². The van der Waals surface area contributed by atoms with E-state index in [1.807, 2.05) is 24.3 Å². The maximum atomic E-state index is 13.2. The van der Waals surface area contributed by atoms with E-state index in [1.165, 1.54) is 24.2 Å². The summed E-state index contributed by atoms with van der Waals surface area (Å²) >= 11 is 1.38. The second-order valence-electron chi connectivity index (χ2n) is 8.06. The van der Waals surface area contributed by atoms with Crippen LogP contribution in [-0.4, -0.2) is 20.4 Å². The van der Waals surface area contributed by atoms with Gasteiger partial charge in [0.15, 0.2) is 0 Å². The van der Waals surface area contributed by atoms with Crippen LogP contribution in [0.15, 0.2) is 69.8 Å². The van der Waals surface area contributed by atoms with Gasteiger partial charge in [0, 0.05) is 22.6 Å². The molecule has 1 aliphatic carbocycles. The summed E-state index contributed by atoms with van der Waals surface area (Å²) in [5.74, 6) is 0.439. The number of hydrogen-bond acceptors (Lipinski definition) is 5. The third-order valence-electron chi connectivity index (χ3n) is 5.96. The van der Waals surface area contributed by atoms with Gasteiger partial charge in [0.2, 0.25) is 15.7 Å². The van der Waals surface area contributed by atoms with Crippen molar-refractivity contribution in [2.24, 2.45) is 0 Å². The van der Waals surface area contributed by atoms with Gasteiger partial charge in [-0.1, -0.05) is 30.3 Å². The third kappa shape index (κ3) is 3.88. The van der Waals surface area contributed by atoms with Crippen LogP contribution in [0.4, 0.5) is 5.69 Å². The lowest BCUT2D eigenvalue weighted by Gasteiger charge is -2.24. The van der Waals surface area contributed by atoms with Crippen molar-refractivity contribution >= 4 is 32.8 Å². The molecule has 1 atom stereocenters. The molecule has 1 aliphatic heterocycles. The molecule has 2 aliphatic rings. The minimum atomic E-state index is -3.72. The van der Waals surface area contributed by atoms with E-state index >= 15 is 0 Å². The molecule has 0 saturated heterocycles. The third-order valence-corrected chi connectivity index (χ3v) is 9.00. The summed E-state index contributed by atoms with van der Waals surface area (Å²) in [6.07, 6.45) is 5.09.